The van der Waals surface area contributed by atoms with Crippen molar-refractivity contribution in [1.29, 1.82) is 0 Å². The second kappa shape index (κ2) is 6.27. The van der Waals surface area contributed by atoms with Crippen LogP contribution >= 0.6 is 0 Å². The molecule has 0 fully saturated rings. The molecule has 0 aliphatic rings. The smallest absolute Gasteiger partial charge is 0.269 e. The van der Waals surface area contributed by atoms with Gasteiger partial charge in [-0.05, 0) is 39.5 Å². The lowest BCUT2D eigenvalue weighted by Gasteiger charge is -2.09. The fourth-order valence-corrected chi connectivity index (χ4v) is 1.44. The summed E-state index contributed by atoms with van der Waals surface area (Å²) < 4.78 is 1.58. The van der Waals surface area contributed by atoms with Crippen molar-refractivity contribution in [1.82, 2.24) is 20.0 Å². The third-order valence-electron chi connectivity index (χ3n) is 2.37. The van der Waals surface area contributed by atoms with Gasteiger partial charge in [0.25, 0.3) is 5.91 Å². The van der Waals surface area contributed by atoms with E-state index in [1.54, 1.807) is 24.0 Å². The Morgan fingerprint density at radius 2 is 2.25 bits per heavy atom. The predicted molar refractivity (Wildman–Crippen MR) is 63.3 cm³/mol. The molecule has 1 aromatic heterocycles. The van der Waals surface area contributed by atoms with Crippen molar-refractivity contribution in [2.75, 3.05) is 27.2 Å². The van der Waals surface area contributed by atoms with E-state index in [-0.39, 0.29) is 5.91 Å². The topological polar surface area (TPSA) is 50.2 Å². The van der Waals surface area contributed by atoms with Gasteiger partial charge in [-0.2, -0.15) is 5.10 Å². The van der Waals surface area contributed by atoms with Gasteiger partial charge in [0.05, 0.1) is 0 Å². The quantitative estimate of drug-likeness (QED) is 0.716. The van der Waals surface area contributed by atoms with Crippen LogP contribution in [0.5, 0.6) is 0 Å². The van der Waals surface area contributed by atoms with E-state index in [0.29, 0.717) is 5.69 Å². The molecule has 0 saturated carbocycles. The minimum Gasteiger partial charge on any atom is -0.351 e. The summed E-state index contributed by atoms with van der Waals surface area (Å²) in [6, 6.07) is 1.72. The highest BCUT2D eigenvalue weighted by Gasteiger charge is 2.07. The lowest BCUT2D eigenvalue weighted by molar-refractivity contribution is 0.0943. The van der Waals surface area contributed by atoms with Crippen LogP contribution in [0.4, 0.5) is 0 Å². The number of nitrogens with zero attached hydrogens (tertiary/aromatic N) is 3. The number of aryl methyl sites for hydroxylation is 1. The largest absolute Gasteiger partial charge is 0.351 e. The zero-order valence-corrected chi connectivity index (χ0v) is 10.2. The summed E-state index contributed by atoms with van der Waals surface area (Å²) >= 11 is 0. The normalized spacial score (nSPS) is 10.8. The summed E-state index contributed by atoms with van der Waals surface area (Å²) in [5, 5.41) is 6.84. The Balaban J connectivity index is 2.19. The molecule has 1 heterocycles. The lowest BCUT2D eigenvalue weighted by atomic mass is 10.3. The van der Waals surface area contributed by atoms with Gasteiger partial charge in [-0.1, -0.05) is 0 Å². The minimum absolute atomic E-state index is 0.0511. The summed E-state index contributed by atoms with van der Waals surface area (Å²) in [5.74, 6) is -0.0511. The van der Waals surface area contributed by atoms with Gasteiger partial charge in [-0.3, -0.25) is 9.48 Å². The Labute approximate surface area is 96.4 Å². The Morgan fingerprint density at radius 3 is 2.81 bits per heavy atom. The van der Waals surface area contributed by atoms with Crippen molar-refractivity contribution in [3.05, 3.63) is 18.0 Å². The van der Waals surface area contributed by atoms with Crippen molar-refractivity contribution in [2.24, 2.45) is 7.05 Å². The van der Waals surface area contributed by atoms with Crippen LogP contribution in [-0.4, -0.2) is 47.8 Å². The van der Waals surface area contributed by atoms with Crippen LogP contribution in [0, 0.1) is 0 Å². The molecule has 5 heteroatoms. The van der Waals surface area contributed by atoms with Gasteiger partial charge in [-0.15, -0.1) is 0 Å². The van der Waals surface area contributed by atoms with E-state index < -0.39 is 0 Å². The van der Waals surface area contributed by atoms with Crippen molar-refractivity contribution in [2.45, 2.75) is 12.8 Å². The molecule has 0 radical (unpaired) electrons. The first-order chi connectivity index (χ1) is 7.61. The Hall–Kier alpha value is -1.36. The van der Waals surface area contributed by atoms with E-state index in [9.17, 15) is 4.79 Å². The highest BCUT2D eigenvalue weighted by molar-refractivity contribution is 5.92. The van der Waals surface area contributed by atoms with Gasteiger partial charge in [0, 0.05) is 19.8 Å². The summed E-state index contributed by atoms with van der Waals surface area (Å²) in [6.07, 6.45) is 3.72. The second-order valence-electron chi connectivity index (χ2n) is 4.11. The standard InChI is InChI=1S/C11H20N4O/c1-14(2)9-5-4-7-12-11(16)10-6-8-13-15(10)3/h6,8H,4-5,7,9H2,1-3H3,(H,12,16). The van der Waals surface area contributed by atoms with E-state index >= 15 is 0 Å². The number of aromatic nitrogens is 2. The van der Waals surface area contributed by atoms with Crippen LogP contribution in [0.2, 0.25) is 0 Å². The van der Waals surface area contributed by atoms with E-state index in [4.69, 9.17) is 0 Å². The monoisotopic (exact) mass is 224 g/mol. The highest BCUT2D eigenvalue weighted by atomic mass is 16.2. The molecule has 0 aliphatic heterocycles. The average molecular weight is 224 g/mol. The van der Waals surface area contributed by atoms with Gasteiger partial charge in [0.2, 0.25) is 0 Å². The molecule has 0 aromatic carbocycles. The molecule has 90 valence electrons. The number of amides is 1. The van der Waals surface area contributed by atoms with E-state index in [0.717, 1.165) is 25.9 Å². The maximum Gasteiger partial charge on any atom is 0.269 e. The van der Waals surface area contributed by atoms with Crippen LogP contribution in [0.3, 0.4) is 0 Å². The fourth-order valence-electron chi connectivity index (χ4n) is 1.44. The lowest BCUT2D eigenvalue weighted by Crippen LogP contribution is -2.27. The number of unbranched alkanes of at least 4 members (excludes halogenated alkanes) is 1. The Kier molecular flexibility index (Phi) is 4.98. The zero-order chi connectivity index (χ0) is 12.0. The molecule has 0 atom stereocenters. The third-order valence-corrected chi connectivity index (χ3v) is 2.37. The van der Waals surface area contributed by atoms with Gasteiger partial charge in [-0.25, -0.2) is 0 Å². The summed E-state index contributed by atoms with van der Waals surface area (Å²) in [7, 11) is 5.86. The molecule has 0 bridgehead atoms. The number of hydrogen-bond acceptors (Lipinski definition) is 3. The Bertz CT molecular complexity index is 332. The van der Waals surface area contributed by atoms with Crippen LogP contribution in [0.15, 0.2) is 12.3 Å². The Morgan fingerprint density at radius 1 is 1.50 bits per heavy atom. The van der Waals surface area contributed by atoms with Crippen LogP contribution in [-0.2, 0) is 7.05 Å². The summed E-state index contributed by atoms with van der Waals surface area (Å²) in [6.45, 7) is 1.78. The maximum atomic E-state index is 11.6. The SMILES string of the molecule is CN(C)CCCCNC(=O)c1ccnn1C. The number of carbonyl (C=O) groups excluding carboxylic acids is 1. The van der Waals surface area contributed by atoms with E-state index in [2.05, 4.69) is 15.3 Å². The van der Waals surface area contributed by atoms with Gasteiger partial charge in [0.1, 0.15) is 5.69 Å². The van der Waals surface area contributed by atoms with Crippen LogP contribution in [0.25, 0.3) is 0 Å². The molecular weight excluding hydrogens is 204 g/mol. The fraction of sp³-hybridized carbons (Fsp3) is 0.636. The molecule has 16 heavy (non-hydrogen) atoms. The van der Waals surface area contributed by atoms with Gasteiger partial charge in [0.15, 0.2) is 0 Å². The first-order valence-electron chi connectivity index (χ1n) is 5.52. The van der Waals surface area contributed by atoms with Crippen LogP contribution < -0.4 is 5.32 Å². The first-order valence-corrected chi connectivity index (χ1v) is 5.52. The number of carbonyl (C=O) groups is 1. The highest BCUT2D eigenvalue weighted by Crippen LogP contribution is 1.96. The van der Waals surface area contributed by atoms with E-state index in [1.165, 1.54) is 0 Å². The number of rotatable bonds is 6. The molecule has 1 amide bonds. The molecule has 0 spiro atoms. The molecular formula is C11H20N4O. The van der Waals surface area contributed by atoms with Gasteiger partial charge >= 0.3 is 0 Å². The number of hydrogen-bond donors (Lipinski definition) is 1. The second-order valence-corrected chi connectivity index (χ2v) is 4.11. The van der Waals surface area contributed by atoms with Crippen molar-refractivity contribution >= 4 is 5.91 Å². The molecule has 1 rings (SSSR count). The summed E-state index contributed by atoms with van der Waals surface area (Å²) in [5.41, 5.74) is 0.604. The number of nitrogens with one attached hydrogen (secondary N) is 1. The first kappa shape index (κ1) is 12.7. The zero-order valence-electron chi connectivity index (χ0n) is 10.2. The predicted octanol–water partition coefficient (Wildman–Crippen LogP) is 0.492. The van der Waals surface area contributed by atoms with Crippen molar-refractivity contribution < 1.29 is 4.79 Å². The summed E-state index contributed by atoms with van der Waals surface area (Å²) in [4.78, 5) is 13.8. The van der Waals surface area contributed by atoms with Gasteiger partial charge < -0.3 is 10.2 Å². The molecule has 1 N–H and O–H groups in total. The van der Waals surface area contributed by atoms with E-state index in [1.807, 2.05) is 14.1 Å². The van der Waals surface area contributed by atoms with Crippen molar-refractivity contribution in [3.8, 4) is 0 Å². The average Bonchev–Trinajstić information content (AvgIpc) is 2.63. The molecule has 0 aliphatic carbocycles. The maximum absolute atomic E-state index is 11.6. The van der Waals surface area contributed by atoms with Crippen LogP contribution in [0.1, 0.15) is 23.3 Å². The molecule has 5 nitrogen and oxygen atoms in total. The molecule has 0 unspecified atom stereocenters. The third kappa shape index (κ3) is 4.02. The van der Waals surface area contributed by atoms with Crippen molar-refractivity contribution in [3.63, 3.8) is 0 Å². The molecule has 1 aromatic rings. The minimum atomic E-state index is -0.0511. The molecule has 0 saturated heterocycles.